The zero-order valence-electron chi connectivity index (χ0n) is 11.6. The highest BCUT2D eigenvalue weighted by molar-refractivity contribution is 6.31. The average Bonchev–Trinajstić information content (AvgIpc) is 2.67. The number of imidazole rings is 1. The maximum atomic E-state index is 9.86. The van der Waals surface area contributed by atoms with Crippen molar-refractivity contribution in [1.82, 2.24) is 14.5 Å². The molecular formula is C14H20ClN3O. The lowest BCUT2D eigenvalue weighted by Gasteiger charge is -2.13. The van der Waals surface area contributed by atoms with Crippen LogP contribution in [0.3, 0.4) is 0 Å². The van der Waals surface area contributed by atoms with Crippen LogP contribution in [-0.2, 0) is 6.54 Å². The van der Waals surface area contributed by atoms with Gasteiger partial charge in [-0.3, -0.25) is 0 Å². The molecule has 19 heavy (non-hydrogen) atoms. The Labute approximate surface area is 118 Å². The first kappa shape index (κ1) is 14.3. The van der Waals surface area contributed by atoms with Crippen LogP contribution in [0.4, 0.5) is 0 Å². The Kier molecular flexibility index (Phi) is 4.45. The number of rotatable bonds is 5. The van der Waals surface area contributed by atoms with E-state index in [0.717, 1.165) is 30.5 Å². The fourth-order valence-electron chi connectivity index (χ4n) is 2.21. The van der Waals surface area contributed by atoms with Gasteiger partial charge in [-0.05, 0) is 52.2 Å². The third-order valence-corrected chi connectivity index (χ3v) is 3.34. The summed E-state index contributed by atoms with van der Waals surface area (Å²) in [6, 6.07) is 5.63. The molecule has 0 bridgehead atoms. The van der Waals surface area contributed by atoms with Gasteiger partial charge in [0.25, 0.3) is 0 Å². The maximum absolute atomic E-state index is 9.86. The van der Waals surface area contributed by atoms with Crippen LogP contribution in [0, 0.1) is 0 Å². The van der Waals surface area contributed by atoms with Crippen molar-refractivity contribution < 1.29 is 5.11 Å². The van der Waals surface area contributed by atoms with Gasteiger partial charge in [0.1, 0.15) is 11.9 Å². The number of aliphatic hydroxyl groups excluding tert-OH is 1. The molecule has 0 saturated heterocycles. The lowest BCUT2D eigenvalue weighted by Crippen LogP contribution is -2.16. The van der Waals surface area contributed by atoms with Crippen molar-refractivity contribution >= 4 is 22.6 Å². The Morgan fingerprint density at radius 2 is 2.16 bits per heavy atom. The normalized spacial score (nSPS) is 13.4. The van der Waals surface area contributed by atoms with Crippen molar-refractivity contribution in [2.24, 2.45) is 0 Å². The molecule has 4 nitrogen and oxygen atoms in total. The molecule has 1 atom stereocenters. The van der Waals surface area contributed by atoms with Gasteiger partial charge in [-0.1, -0.05) is 11.6 Å². The lowest BCUT2D eigenvalue weighted by molar-refractivity contribution is 0.184. The van der Waals surface area contributed by atoms with Crippen molar-refractivity contribution in [3.05, 3.63) is 29.0 Å². The number of hydrogen-bond acceptors (Lipinski definition) is 3. The van der Waals surface area contributed by atoms with E-state index in [4.69, 9.17) is 11.6 Å². The summed E-state index contributed by atoms with van der Waals surface area (Å²) < 4.78 is 2.06. The predicted octanol–water partition coefficient (Wildman–Crippen LogP) is 2.69. The second-order valence-corrected chi connectivity index (χ2v) is 5.52. The molecule has 0 amide bonds. The Balaban J connectivity index is 2.36. The summed E-state index contributed by atoms with van der Waals surface area (Å²) in [4.78, 5) is 6.64. The number of benzene rings is 1. The van der Waals surface area contributed by atoms with Crippen molar-refractivity contribution in [1.29, 1.82) is 0 Å². The number of fused-ring (bicyclic) bond motifs is 1. The fourth-order valence-corrected chi connectivity index (χ4v) is 2.38. The summed E-state index contributed by atoms with van der Waals surface area (Å²) >= 11 is 6.05. The molecule has 1 N–H and O–H groups in total. The average molecular weight is 282 g/mol. The lowest BCUT2D eigenvalue weighted by atomic mass is 10.3. The largest absolute Gasteiger partial charge is 0.385 e. The fraction of sp³-hybridized carbons (Fsp3) is 0.500. The first-order chi connectivity index (χ1) is 8.99. The summed E-state index contributed by atoms with van der Waals surface area (Å²) in [7, 11) is 4.11. The van der Waals surface area contributed by atoms with Crippen LogP contribution in [-0.4, -0.2) is 40.2 Å². The number of aryl methyl sites for hydroxylation is 1. The van der Waals surface area contributed by atoms with E-state index in [1.165, 1.54) is 0 Å². The number of aromatic nitrogens is 2. The van der Waals surface area contributed by atoms with Gasteiger partial charge in [0, 0.05) is 11.6 Å². The quantitative estimate of drug-likeness (QED) is 0.916. The van der Waals surface area contributed by atoms with Gasteiger partial charge in [0.05, 0.1) is 11.0 Å². The molecule has 0 spiro atoms. The van der Waals surface area contributed by atoms with Crippen molar-refractivity contribution in [2.45, 2.75) is 26.0 Å². The molecular weight excluding hydrogens is 262 g/mol. The molecule has 1 aromatic carbocycles. The van der Waals surface area contributed by atoms with E-state index >= 15 is 0 Å². The molecule has 0 radical (unpaired) electrons. The minimum atomic E-state index is -0.578. The number of hydrogen-bond donors (Lipinski definition) is 1. The summed E-state index contributed by atoms with van der Waals surface area (Å²) in [6.07, 6.45) is 0.426. The molecule has 0 aliphatic rings. The Morgan fingerprint density at radius 3 is 2.79 bits per heavy atom. The molecule has 104 valence electrons. The zero-order chi connectivity index (χ0) is 14.0. The van der Waals surface area contributed by atoms with E-state index in [2.05, 4.69) is 28.5 Å². The number of aliphatic hydroxyl groups is 1. The number of halogens is 1. The van der Waals surface area contributed by atoms with Crippen LogP contribution in [0.5, 0.6) is 0 Å². The minimum absolute atomic E-state index is 0.578. The Hall–Kier alpha value is -1.10. The monoisotopic (exact) mass is 281 g/mol. The van der Waals surface area contributed by atoms with Crippen LogP contribution < -0.4 is 0 Å². The highest BCUT2D eigenvalue weighted by atomic mass is 35.5. The molecule has 2 rings (SSSR count). The predicted molar refractivity (Wildman–Crippen MR) is 78.5 cm³/mol. The van der Waals surface area contributed by atoms with Crippen molar-refractivity contribution in [3.63, 3.8) is 0 Å². The third-order valence-electron chi connectivity index (χ3n) is 3.10. The topological polar surface area (TPSA) is 41.3 Å². The van der Waals surface area contributed by atoms with Crippen LogP contribution in [0.1, 0.15) is 25.3 Å². The van der Waals surface area contributed by atoms with Crippen LogP contribution >= 0.6 is 11.6 Å². The molecule has 5 heteroatoms. The summed E-state index contributed by atoms with van der Waals surface area (Å²) in [5.74, 6) is 0.705. The number of nitrogens with zero attached hydrogens (tertiary/aromatic N) is 3. The summed E-state index contributed by atoms with van der Waals surface area (Å²) in [5.41, 5.74) is 1.87. The molecule has 0 saturated carbocycles. The van der Waals surface area contributed by atoms with E-state index in [9.17, 15) is 5.11 Å². The highest BCUT2D eigenvalue weighted by Crippen LogP contribution is 2.24. The van der Waals surface area contributed by atoms with Gasteiger partial charge in [-0.15, -0.1) is 0 Å². The second kappa shape index (κ2) is 5.90. The van der Waals surface area contributed by atoms with Crippen molar-refractivity contribution in [3.8, 4) is 0 Å². The molecule has 0 aliphatic heterocycles. The van der Waals surface area contributed by atoms with Crippen molar-refractivity contribution in [2.75, 3.05) is 20.6 Å². The van der Waals surface area contributed by atoms with E-state index in [1.807, 2.05) is 18.2 Å². The molecule has 2 aromatic rings. The van der Waals surface area contributed by atoms with Gasteiger partial charge in [-0.25, -0.2) is 4.98 Å². The zero-order valence-corrected chi connectivity index (χ0v) is 12.4. The van der Waals surface area contributed by atoms with Crippen LogP contribution in [0.2, 0.25) is 5.02 Å². The van der Waals surface area contributed by atoms with Crippen LogP contribution in [0.15, 0.2) is 18.2 Å². The first-order valence-corrected chi connectivity index (χ1v) is 6.85. The SMILES string of the molecule is CC(O)c1nc2ccc(Cl)cc2n1CCCN(C)C. The summed E-state index contributed by atoms with van der Waals surface area (Å²) in [6.45, 7) is 3.57. The van der Waals surface area contributed by atoms with Gasteiger partial charge in [0.15, 0.2) is 0 Å². The first-order valence-electron chi connectivity index (χ1n) is 6.47. The molecule has 0 aliphatic carbocycles. The standard InChI is InChI=1S/C14H20ClN3O/c1-10(19)14-16-12-6-5-11(15)9-13(12)18(14)8-4-7-17(2)3/h5-6,9-10,19H,4,7-8H2,1-3H3. The van der Waals surface area contributed by atoms with Gasteiger partial charge < -0.3 is 14.6 Å². The van der Waals surface area contributed by atoms with E-state index in [1.54, 1.807) is 6.92 Å². The second-order valence-electron chi connectivity index (χ2n) is 5.09. The summed E-state index contributed by atoms with van der Waals surface area (Å²) in [5, 5.41) is 10.5. The smallest absolute Gasteiger partial charge is 0.138 e. The third kappa shape index (κ3) is 3.26. The molecule has 1 unspecified atom stereocenters. The Bertz CT molecular complexity index is 563. The van der Waals surface area contributed by atoms with E-state index < -0.39 is 6.10 Å². The van der Waals surface area contributed by atoms with E-state index in [0.29, 0.717) is 10.8 Å². The minimum Gasteiger partial charge on any atom is -0.385 e. The molecule has 1 heterocycles. The maximum Gasteiger partial charge on any atom is 0.138 e. The molecule has 0 fully saturated rings. The van der Waals surface area contributed by atoms with E-state index in [-0.39, 0.29) is 0 Å². The van der Waals surface area contributed by atoms with Gasteiger partial charge in [0.2, 0.25) is 0 Å². The van der Waals surface area contributed by atoms with Gasteiger partial charge in [-0.2, -0.15) is 0 Å². The molecule has 1 aromatic heterocycles. The van der Waals surface area contributed by atoms with Crippen LogP contribution in [0.25, 0.3) is 11.0 Å². The van der Waals surface area contributed by atoms with Gasteiger partial charge >= 0.3 is 0 Å². The highest BCUT2D eigenvalue weighted by Gasteiger charge is 2.14. The Morgan fingerprint density at radius 1 is 1.42 bits per heavy atom.